The molecule has 3 heterocycles. The number of amidine groups is 1. The van der Waals surface area contributed by atoms with Crippen LogP contribution in [0.4, 0.5) is 11.4 Å². The monoisotopic (exact) mass is 374 g/mol. The highest BCUT2D eigenvalue weighted by Crippen LogP contribution is 2.30. The van der Waals surface area contributed by atoms with Gasteiger partial charge in [0.1, 0.15) is 5.75 Å². The smallest absolute Gasteiger partial charge is 0.262 e. The summed E-state index contributed by atoms with van der Waals surface area (Å²) in [6, 6.07) is 4.83. The molecule has 10 heteroatoms. The number of rotatable bonds is 2. The molecule has 3 aliphatic rings. The zero-order valence-corrected chi connectivity index (χ0v) is 14.2. The van der Waals surface area contributed by atoms with Crippen LogP contribution >= 0.6 is 0 Å². The van der Waals surface area contributed by atoms with Gasteiger partial charge >= 0.3 is 0 Å². The van der Waals surface area contributed by atoms with Gasteiger partial charge in [-0.2, -0.15) is 0 Å². The third-order valence-electron chi connectivity index (χ3n) is 3.97. The summed E-state index contributed by atoms with van der Waals surface area (Å²) in [6.07, 6.45) is 4.84. The van der Waals surface area contributed by atoms with Crippen molar-refractivity contribution in [2.75, 3.05) is 29.5 Å². The molecule has 0 saturated carbocycles. The minimum absolute atomic E-state index is 0.0535. The Bertz CT molecular complexity index is 1010. The molecule has 2 N–H and O–H groups in total. The molecule has 134 valence electrons. The van der Waals surface area contributed by atoms with Gasteiger partial charge in [0.05, 0.1) is 17.0 Å². The van der Waals surface area contributed by atoms with Crippen LogP contribution in [0.15, 0.2) is 46.5 Å². The van der Waals surface area contributed by atoms with Gasteiger partial charge in [0.2, 0.25) is 0 Å². The minimum atomic E-state index is -3.58. The zero-order chi connectivity index (χ0) is 18.3. The van der Waals surface area contributed by atoms with Crippen LogP contribution in [0.5, 0.6) is 5.75 Å². The summed E-state index contributed by atoms with van der Waals surface area (Å²) in [4.78, 5) is 25.7. The molecule has 0 atom stereocenters. The summed E-state index contributed by atoms with van der Waals surface area (Å²) >= 11 is 0. The number of amides is 2. The molecule has 1 aromatic carbocycles. The summed E-state index contributed by atoms with van der Waals surface area (Å²) in [5, 5.41) is 5.34. The van der Waals surface area contributed by atoms with Crippen LogP contribution in [0.1, 0.15) is 0 Å². The quantitative estimate of drug-likeness (QED) is 0.776. The van der Waals surface area contributed by atoms with E-state index in [1.54, 1.807) is 35.4 Å². The van der Waals surface area contributed by atoms with Crippen LogP contribution in [0.2, 0.25) is 0 Å². The molecule has 1 aromatic rings. The normalized spacial score (nSPS) is 20.0. The second kappa shape index (κ2) is 5.99. The topological polar surface area (TPSA) is 117 Å². The molecule has 0 spiro atoms. The van der Waals surface area contributed by atoms with E-state index in [9.17, 15) is 18.0 Å². The Kier molecular flexibility index (Phi) is 3.76. The van der Waals surface area contributed by atoms with Crippen molar-refractivity contribution in [2.24, 2.45) is 4.40 Å². The lowest BCUT2D eigenvalue weighted by Crippen LogP contribution is -2.40. The summed E-state index contributed by atoms with van der Waals surface area (Å²) in [7, 11) is -3.58. The maximum Gasteiger partial charge on any atom is 0.262 e. The van der Waals surface area contributed by atoms with Crippen molar-refractivity contribution in [1.29, 1.82) is 0 Å². The Labute approximate surface area is 149 Å². The highest BCUT2D eigenvalue weighted by atomic mass is 32.2. The molecular weight excluding hydrogens is 360 g/mol. The molecule has 0 aromatic heterocycles. The fraction of sp³-hybridized carbons (Fsp3) is 0.188. The number of allylic oxidation sites excluding steroid dienone is 2. The van der Waals surface area contributed by atoms with E-state index >= 15 is 0 Å². The van der Waals surface area contributed by atoms with E-state index in [-0.39, 0.29) is 36.2 Å². The van der Waals surface area contributed by atoms with Crippen molar-refractivity contribution in [3.05, 3.63) is 42.1 Å². The molecule has 0 aliphatic carbocycles. The van der Waals surface area contributed by atoms with E-state index in [2.05, 4.69) is 15.0 Å². The van der Waals surface area contributed by atoms with E-state index in [1.165, 1.54) is 6.08 Å². The number of hydrogen-bond acceptors (Lipinski definition) is 6. The number of nitrogens with zero attached hydrogens (tertiary/aromatic N) is 2. The van der Waals surface area contributed by atoms with Gasteiger partial charge in [-0.1, -0.05) is 0 Å². The zero-order valence-electron chi connectivity index (χ0n) is 13.4. The molecule has 9 nitrogen and oxygen atoms in total. The van der Waals surface area contributed by atoms with E-state index in [0.717, 1.165) is 0 Å². The van der Waals surface area contributed by atoms with Gasteiger partial charge in [-0.15, -0.1) is 4.40 Å². The molecule has 0 bridgehead atoms. The van der Waals surface area contributed by atoms with Crippen molar-refractivity contribution in [3.8, 4) is 5.75 Å². The second-order valence-electron chi connectivity index (χ2n) is 5.82. The summed E-state index contributed by atoms with van der Waals surface area (Å²) in [5.74, 6) is -0.265. The number of ether oxygens (including phenoxy) is 1. The summed E-state index contributed by atoms with van der Waals surface area (Å²) in [5.41, 5.74) is 1.03. The number of anilines is 2. The lowest BCUT2D eigenvalue weighted by Gasteiger charge is -2.28. The Morgan fingerprint density at radius 3 is 3.04 bits per heavy atom. The summed E-state index contributed by atoms with van der Waals surface area (Å²) in [6.45, 7) is 0.187. The van der Waals surface area contributed by atoms with Crippen molar-refractivity contribution in [3.63, 3.8) is 0 Å². The Morgan fingerprint density at radius 1 is 1.35 bits per heavy atom. The lowest BCUT2D eigenvalue weighted by molar-refractivity contribution is -0.118. The van der Waals surface area contributed by atoms with Gasteiger partial charge in [0, 0.05) is 18.4 Å². The van der Waals surface area contributed by atoms with Gasteiger partial charge in [-0.3, -0.25) is 9.59 Å². The third kappa shape index (κ3) is 3.06. The molecule has 3 aliphatic heterocycles. The predicted molar refractivity (Wildman–Crippen MR) is 94.3 cm³/mol. The third-order valence-corrected chi connectivity index (χ3v) is 5.12. The van der Waals surface area contributed by atoms with E-state index in [4.69, 9.17) is 4.74 Å². The number of hydrogen-bond donors (Lipinski definition) is 2. The predicted octanol–water partition coefficient (Wildman–Crippen LogP) is 0.454. The van der Waals surface area contributed by atoms with E-state index in [0.29, 0.717) is 17.1 Å². The second-order valence-corrected chi connectivity index (χ2v) is 7.57. The molecule has 0 unspecified atom stereocenters. The van der Waals surface area contributed by atoms with Crippen molar-refractivity contribution in [1.82, 2.24) is 4.90 Å². The van der Waals surface area contributed by atoms with Gasteiger partial charge in [-0.05, 0) is 30.4 Å². The van der Waals surface area contributed by atoms with Crippen LogP contribution in [0.25, 0.3) is 0 Å². The first kappa shape index (κ1) is 16.3. The Hall–Kier alpha value is -3.14. The highest BCUT2D eigenvalue weighted by Gasteiger charge is 2.30. The Balaban J connectivity index is 1.59. The average molecular weight is 374 g/mol. The maximum absolute atomic E-state index is 12.6. The van der Waals surface area contributed by atoms with Gasteiger partial charge in [0.25, 0.3) is 21.8 Å². The molecule has 2 amide bonds. The average Bonchev–Trinajstić information content (AvgIpc) is 2.60. The molecule has 26 heavy (non-hydrogen) atoms. The van der Waals surface area contributed by atoms with Crippen molar-refractivity contribution >= 4 is 39.0 Å². The fourth-order valence-electron chi connectivity index (χ4n) is 2.75. The lowest BCUT2D eigenvalue weighted by atomic mass is 10.1. The number of nitrogens with one attached hydrogen (secondary N) is 2. The standard InChI is InChI=1S/C16H14N4O5S/c21-14-9-25-13-4-3-10(8-12(13)18-14)17-16(22)11-2-1-5-20-6-7-26(23,24)19-15(11)20/h1-5,8H,6-7,9H2,(H,17,22)(H,18,21). The minimum Gasteiger partial charge on any atom is -0.482 e. The van der Waals surface area contributed by atoms with E-state index in [1.807, 2.05) is 0 Å². The fourth-order valence-corrected chi connectivity index (χ4v) is 3.74. The number of carbonyl (C=O) groups is 2. The SMILES string of the molecule is O=C1COc2ccc(NC(=O)C3=CC=CN4CCS(=O)(=O)N=C34)cc2N1. The number of carbonyl (C=O) groups excluding carboxylic acids is 2. The first-order chi connectivity index (χ1) is 12.4. The molecular formula is C16H14N4O5S. The number of fused-ring (bicyclic) bond motifs is 2. The van der Waals surface area contributed by atoms with Crippen molar-refractivity contribution < 1.29 is 22.7 Å². The maximum atomic E-state index is 12.6. The molecule has 0 fully saturated rings. The summed E-state index contributed by atoms with van der Waals surface area (Å²) < 4.78 is 32.5. The first-order valence-corrected chi connectivity index (χ1v) is 9.38. The molecule has 0 radical (unpaired) electrons. The van der Waals surface area contributed by atoms with E-state index < -0.39 is 15.9 Å². The Morgan fingerprint density at radius 2 is 2.19 bits per heavy atom. The van der Waals surface area contributed by atoms with Gasteiger partial charge in [-0.25, -0.2) is 8.42 Å². The first-order valence-electron chi connectivity index (χ1n) is 7.77. The van der Waals surface area contributed by atoms with Crippen LogP contribution in [0.3, 0.4) is 0 Å². The van der Waals surface area contributed by atoms with Crippen LogP contribution in [0, 0.1) is 0 Å². The van der Waals surface area contributed by atoms with Crippen molar-refractivity contribution in [2.45, 2.75) is 0 Å². The van der Waals surface area contributed by atoms with Crippen LogP contribution in [-0.4, -0.2) is 49.9 Å². The van der Waals surface area contributed by atoms with Crippen LogP contribution in [-0.2, 0) is 19.6 Å². The molecule has 0 saturated heterocycles. The highest BCUT2D eigenvalue weighted by molar-refractivity contribution is 7.90. The van der Waals surface area contributed by atoms with Crippen LogP contribution < -0.4 is 15.4 Å². The largest absolute Gasteiger partial charge is 0.482 e. The molecule has 4 rings (SSSR count). The number of benzene rings is 1. The van der Waals surface area contributed by atoms with Gasteiger partial charge in [0.15, 0.2) is 12.4 Å². The number of sulfonamides is 1. The van der Waals surface area contributed by atoms with Gasteiger partial charge < -0.3 is 20.3 Å².